The van der Waals surface area contributed by atoms with Gasteiger partial charge in [0, 0.05) is 19.5 Å². The molecule has 18 heavy (non-hydrogen) atoms. The van der Waals surface area contributed by atoms with Crippen molar-refractivity contribution in [3.63, 3.8) is 0 Å². The van der Waals surface area contributed by atoms with Gasteiger partial charge in [0.05, 0.1) is 6.20 Å². The summed E-state index contributed by atoms with van der Waals surface area (Å²) in [5.41, 5.74) is -0.111. The molecular weight excluding hydrogens is 274 g/mol. The smallest absolute Gasteiger partial charge is 0.256 e. The van der Waals surface area contributed by atoms with Gasteiger partial charge in [-0.25, -0.2) is 13.1 Å². The molecule has 5 nitrogen and oxygen atoms in total. The van der Waals surface area contributed by atoms with Crippen LogP contribution in [-0.4, -0.2) is 30.6 Å². The molecule has 0 fully saturated rings. The molecule has 1 heterocycles. The van der Waals surface area contributed by atoms with Crippen LogP contribution in [0.25, 0.3) is 0 Å². The van der Waals surface area contributed by atoms with Crippen LogP contribution < -0.4 is 4.72 Å². The molecule has 0 unspecified atom stereocenters. The number of alkyl halides is 1. The molecule has 0 radical (unpaired) electrons. The van der Waals surface area contributed by atoms with E-state index in [9.17, 15) is 8.42 Å². The summed E-state index contributed by atoms with van der Waals surface area (Å²) in [6.45, 7) is 4.42. The van der Waals surface area contributed by atoms with Crippen molar-refractivity contribution in [1.29, 1.82) is 0 Å². The Bertz CT molecular complexity index is 482. The predicted molar refractivity (Wildman–Crippen MR) is 72.1 cm³/mol. The quantitative estimate of drug-likeness (QED) is 0.779. The van der Waals surface area contributed by atoms with E-state index in [2.05, 4.69) is 9.82 Å². The van der Waals surface area contributed by atoms with Gasteiger partial charge in [-0.1, -0.05) is 13.8 Å². The molecule has 0 aliphatic heterocycles. The van der Waals surface area contributed by atoms with Crippen LogP contribution in [0.4, 0.5) is 0 Å². The fraction of sp³-hybridized carbons (Fsp3) is 0.727. The minimum atomic E-state index is -3.49. The number of halogens is 1. The van der Waals surface area contributed by atoms with E-state index in [-0.39, 0.29) is 10.4 Å². The first-order valence-corrected chi connectivity index (χ1v) is 7.84. The SMILES string of the molecule is Cn1nccc1S(=O)(=O)NCC(C)(C)CCCCl. The number of aromatic nitrogens is 2. The summed E-state index contributed by atoms with van der Waals surface area (Å²) in [5, 5.41) is 4.03. The Kier molecular flexibility index (Phi) is 5.19. The molecule has 0 amide bonds. The average Bonchev–Trinajstić information content (AvgIpc) is 2.71. The van der Waals surface area contributed by atoms with Gasteiger partial charge in [0.15, 0.2) is 5.03 Å². The molecule has 1 aromatic heterocycles. The number of nitrogens with zero attached hydrogens (tertiary/aromatic N) is 2. The standard InChI is InChI=1S/C11H20ClN3O2S/c1-11(2,6-4-7-12)9-14-18(16,17)10-5-8-13-15(10)3/h5,8,14H,4,6-7,9H2,1-3H3. The zero-order valence-corrected chi connectivity index (χ0v) is 12.6. The van der Waals surface area contributed by atoms with Crippen molar-refractivity contribution in [2.24, 2.45) is 12.5 Å². The van der Waals surface area contributed by atoms with Gasteiger partial charge < -0.3 is 0 Å². The first-order valence-electron chi connectivity index (χ1n) is 5.82. The van der Waals surface area contributed by atoms with Crippen molar-refractivity contribution >= 4 is 21.6 Å². The number of hydrogen-bond acceptors (Lipinski definition) is 3. The van der Waals surface area contributed by atoms with E-state index >= 15 is 0 Å². The zero-order chi connectivity index (χ0) is 13.8. The Morgan fingerprint density at radius 2 is 2.17 bits per heavy atom. The van der Waals surface area contributed by atoms with Gasteiger partial charge in [-0.3, -0.25) is 4.68 Å². The van der Waals surface area contributed by atoms with Crippen LogP contribution in [0, 0.1) is 5.41 Å². The number of sulfonamides is 1. The second-order valence-corrected chi connectivity index (χ2v) is 7.17. The molecule has 0 bridgehead atoms. The molecule has 0 atom stereocenters. The second kappa shape index (κ2) is 6.04. The van der Waals surface area contributed by atoms with Gasteiger partial charge in [0.1, 0.15) is 0 Å². The summed E-state index contributed by atoms with van der Waals surface area (Å²) < 4.78 is 28.0. The van der Waals surface area contributed by atoms with E-state index in [1.807, 2.05) is 13.8 Å². The van der Waals surface area contributed by atoms with E-state index in [1.54, 1.807) is 7.05 Å². The molecule has 0 aromatic carbocycles. The number of nitrogens with one attached hydrogen (secondary N) is 1. The third kappa shape index (κ3) is 4.26. The third-order valence-electron chi connectivity index (χ3n) is 2.78. The highest BCUT2D eigenvalue weighted by molar-refractivity contribution is 7.89. The molecule has 1 rings (SSSR count). The largest absolute Gasteiger partial charge is 0.257 e. The molecule has 7 heteroatoms. The normalized spacial score (nSPS) is 12.9. The van der Waals surface area contributed by atoms with Crippen LogP contribution in [0.2, 0.25) is 0 Å². The average molecular weight is 294 g/mol. The minimum absolute atomic E-state index is 0.111. The molecule has 1 N–H and O–H groups in total. The number of rotatable bonds is 7. The molecule has 0 saturated heterocycles. The molecule has 0 aliphatic rings. The zero-order valence-electron chi connectivity index (χ0n) is 11.0. The van der Waals surface area contributed by atoms with Crippen LogP contribution in [0.1, 0.15) is 26.7 Å². The van der Waals surface area contributed by atoms with Crippen molar-refractivity contribution < 1.29 is 8.42 Å². The fourth-order valence-electron chi connectivity index (χ4n) is 1.62. The fourth-order valence-corrected chi connectivity index (χ4v) is 3.12. The maximum Gasteiger partial charge on any atom is 0.257 e. The summed E-state index contributed by atoms with van der Waals surface area (Å²) in [6.07, 6.45) is 3.22. The van der Waals surface area contributed by atoms with Gasteiger partial charge in [-0.05, 0) is 24.3 Å². The summed E-state index contributed by atoms with van der Waals surface area (Å²) in [5.74, 6) is 0.595. The minimum Gasteiger partial charge on any atom is -0.256 e. The Hall–Kier alpha value is -0.590. The van der Waals surface area contributed by atoms with Gasteiger partial charge in [-0.2, -0.15) is 5.10 Å². The lowest BCUT2D eigenvalue weighted by Crippen LogP contribution is -2.35. The van der Waals surface area contributed by atoms with Crippen molar-refractivity contribution in [2.75, 3.05) is 12.4 Å². The molecular formula is C11H20ClN3O2S. The highest BCUT2D eigenvalue weighted by atomic mass is 35.5. The number of aryl methyl sites for hydroxylation is 1. The third-order valence-corrected chi connectivity index (χ3v) is 4.52. The van der Waals surface area contributed by atoms with Gasteiger partial charge in [-0.15, -0.1) is 11.6 Å². The first kappa shape index (κ1) is 15.5. The highest BCUT2D eigenvalue weighted by Crippen LogP contribution is 2.22. The summed E-state index contributed by atoms with van der Waals surface area (Å²) in [7, 11) is -1.88. The molecule has 0 saturated carbocycles. The molecule has 0 spiro atoms. The topological polar surface area (TPSA) is 64.0 Å². The van der Waals surface area contributed by atoms with Gasteiger partial charge >= 0.3 is 0 Å². The summed E-state index contributed by atoms with van der Waals surface area (Å²) in [6, 6.07) is 1.48. The lowest BCUT2D eigenvalue weighted by Gasteiger charge is -2.24. The highest BCUT2D eigenvalue weighted by Gasteiger charge is 2.23. The first-order chi connectivity index (χ1) is 8.28. The Morgan fingerprint density at radius 1 is 1.50 bits per heavy atom. The lowest BCUT2D eigenvalue weighted by molar-refractivity contribution is 0.331. The molecule has 1 aromatic rings. The van der Waals surface area contributed by atoms with Crippen LogP contribution in [0.5, 0.6) is 0 Å². The monoisotopic (exact) mass is 293 g/mol. The predicted octanol–water partition coefficient (Wildman–Crippen LogP) is 1.74. The lowest BCUT2D eigenvalue weighted by atomic mass is 9.88. The van der Waals surface area contributed by atoms with Crippen molar-refractivity contribution in [3.05, 3.63) is 12.3 Å². The summed E-state index contributed by atoms with van der Waals surface area (Å²) in [4.78, 5) is 0. The Labute approximate surface area is 114 Å². The molecule has 0 aliphatic carbocycles. The van der Waals surface area contributed by atoms with Crippen LogP contribution in [0.3, 0.4) is 0 Å². The van der Waals surface area contributed by atoms with E-state index < -0.39 is 10.0 Å². The Balaban J connectivity index is 2.66. The maximum atomic E-state index is 12.0. The van der Waals surface area contributed by atoms with Crippen LogP contribution in [-0.2, 0) is 17.1 Å². The van der Waals surface area contributed by atoms with Gasteiger partial charge in [0.2, 0.25) is 0 Å². The number of hydrogen-bond donors (Lipinski definition) is 1. The van der Waals surface area contributed by atoms with Crippen molar-refractivity contribution in [1.82, 2.24) is 14.5 Å². The van der Waals surface area contributed by atoms with E-state index in [1.165, 1.54) is 16.9 Å². The van der Waals surface area contributed by atoms with Crippen molar-refractivity contribution in [3.8, 4) is 0 Å². The van der Waals surface area contributed by atoms with E-state index in [0.717, 1.165) is 12.8 Å². The van der Waals surface area contributed by atoms with E-state index in [0.29, 0.717) is 12.4 Å². The van der Waals surface area contributed by atoms with E-state index in [4.69, 9.17) is 11.6 Å². The van der Waals surface area contributed by atoms with Crippen LogP contribution in [0.15, 0.2) is 17.3 Å². The maximum absolute atomic E-state index is 12.0. The summed E-state index contributed by atoms with van der Waals surface area (Å²) >= 11 is 5.65. The van der Waals surface area contributed by atoms with Crippen LogP contribution >= 0.6 is 11.6 Å². The van der Waals surface area contributed by atoms with Crippen molar-refractivity contribution in [2.45, 2.75) is 31.7 Å². The second-order valence-electron chi connectivity index (χ2n) is 5.07. The Morgan fingerprint density at radius 3 is 2.67 bits per heavy atom. The molecule has 104 valence electrons. The van der Waals surface area contributed by atoms with Gasteiger partial charge in [0.25, 0.3) is 10.0 Å².